The van der Waals surface area contributed by atoms with Crippen molar-refractivity contribution in [3.63, 3.8) is 0 Å². The average Bonchev–Trinajstić information content (AvgIpc) is 2.42. The number of carboxylic acid groups (broad SMARTS) is 1. The van der Waals surface area contributed by atoms with Gasteiger partial charge in [-0.05, 0) is 37.8 Å². The van der Waals surface area contributed by atoms with Gasteiger partial charge in [0.15, 0.2) is 5.54 Å². The van der Waals surface area contributed by atoms with Crippen LogP contribution in [0.5, 0.6) is 0 Å². The van der Waals surface area contributed by atoms with Crippen LogP contribution in [-0.4, -0.2) is 35.1 Å². The van der Waals surface area contributed by atoms with Gasteiger partial charge in [0, 0.05) is 12.6 Å². The van der Waals surface area contributed by atoms with Crippen molar-refractivity contribution < 1.29 is 9.90 Å². The maximum Gasteiger partial charge on any atom is 0.329 e. The Hall–Kier alpha value is -1.39. The summed E-state index contributed by atoms with van der Waals surface area (Å²) in [5.74, 6) is -0.260. The Bertz CT molecular complexity index is 463. The van der Waals surface area contributed by atoms with Gasteiger partial charge < -0.3 is 10.8 Å². The molecule has 20 heavy (non-hydrogen) atoms. The molecule has 0 aromatic heterocycles. The molecule has 4 heteroatoms. The highest BCUT2D eigenvalue weighted by atomic mass is 16.4. The molecule has 1 aliphatic heterocycles. The fraction of sp³-hybridized carbons (Fsp3) is 0.562. The Kier molecular flexibility index (Phi) is 4.45. The van der Waals surface area contributed by atoms with E-state index in [2.05, 4.69) is 18.7 Å². The number of nitrogens with two attached hydrogens (primary N) is 1. The van der Waals surface area contributed by atoms with Gasteiger partial charge in [0.1, 0.15) is 0 Å². The summed E-state index contributed by atoms with van der Waals surface area (Å²) in [6.07, 6.45) is 2.21. The predicted molar refractivity (Wildman–Crippen MR) is 79.4 cm³/mol. The van der Waals surface area contributed by atoms with Crippen molar-refractivity contribution in [2.24, 2.45) is 11.7 Å². The topological polar surface area (TPSA) is 66.6 Å². The quantitative estimate of drug-likeness (QED) is 0.883. The first-order chi connectivity index (χ1) is 9.43. The second kappa shape index (κ2) is 5.94. The van der Waals surface area contributed by atoms with Crippen LogP contribution in [0.25, 0.3) is 0 Å². The van der Waals surface area contributed by atoms with Crippen LogP contribution in [-0.2, 0) is 10.3 Å². The maximum atomic E-state index is 11.7. The van der Waals surface area contributed by atoms with Crippen LogP contribution in [0.1, 0.15) is 32.3 Å². The van der Waals surface area contributed by atoms with Gasteiger partial charge in [0.2, 0.25) is 0 Å². The molecule has 1 aromatic carbocycles. The third-order valence-electron chi connectivity index (χ3n) is 4.40. The lowest BCUT2D eigenvalue weighted by Gasteiger charge is -2.40. The van der Waals surface area contributed by atoms with E-state index in [1.54, 1.807) is 12.1 Å². The number of likely N-dealkylation sites (tertiary alicyclic amines) is 1. The maximum absolute atomic E-state index is 11.7. The molecule has 0 saturated carbocycles. The van der Waals surface area contributed by atoms with Crippen LogP contribution in [0.15, 0.2) is 30.3 Å². The van der Waals surface area contributed by atoms with Gasteiger partial charge in [-0.25, -0.2) is 4.79 Å². The number of carbonyl (C=O) groups is 1. The molecule has 0 amide bonds. The highest BCUT2D eigenvalue weighted by Crippen LogP contribution is 2.27. The van der Waals surface area contributed by atoms with Crippen molar-refractivity contribution in [2.75, 3.05) is 13.1 Å². The molecule has 110 valence electrons. The first-order valence-electron chi connectivity index (χ1n) is 7.25. The number of hydrogen-bond donors (Lipinski definition) is 2. The van der Waals surface area contributed by atoms with Gasteiger partial charge in [-0.2, -0.15) is 0 Å². The molecule has 4 nitrogen and oxygen atoms in total. The molecule has 3 N–H and O–H groups in total. The number of hydrogen-bond acceptors (Lipinski definition) is 3. The third kappa shape index (κ3) is 3.02. The largest absolute Gasteiger partial charge is 0.480 e. The fourth-order valence-corrected chi connectivity index (χ4v) is 3.03. The van der Waals surface area contributed by atoms with Crippen LogP contribution in [0, 0.1) is 5.92 Å². The summed E-state index contributed by atoms with van der Waals surface area (Å²) in [4.78, 5) is 13.9. The van der Waals surface area contributed by atoms with E-state index in [1.165, 1.54) is 0 Å². The van der Waals surface area contributed by atoms with Crippen LogP contribution >= 0.6 is 0 Å². The van der Waals surface area contributed by atoms with E-state index in [4.69, 9.17) is 5.73 Å². The average molecular weight is 276 g/mol. The monoisotopic (exact) mass is 276 g/mol. The molecule has 1 fully saturated rings. The van der Waals surface area contributed by atoms with E-state index in [0.29, 0.717) is 24.1 Å². The Morgan fingerprint density at radius 1 is 1.40 bits per heavy atom. The van der Waals surface area contributed by atoms with Crippen molar-refractivity contribution in [1.82, 2.24) is 4.90 Å². The standard InChI is InChI=1S/C16H24N2O2/c1-12-8-9-18(13(2)10-12)11-16(17,15(19)20)14-6-4-3-5-7-14/h3-7,12-13H,8-11,17H2,1-2H3,(H,19,20). The van der Waals surface area contributed by atoms with Gasteiger partial charge in [-0.15, -0.1) is 0 Å². The highest BCUT2D eigenvalue weighted by Gasteiger charge is 2.39. The Balaban J connectivity index is 2.20. The van der Waals surface area contributed by atoms with Crippen molar-refractivity contribution in [2.45, 2.75) is 38.3 Å². The zero-order valence-electron chi connectivity index (χ0n) is 12.2. The fourth-order valence-electron chi connectivity index (χ4n) is 3.03. The number of piperidine rings is 1. The SMILES string of the molecule is CC1CCN(CC(N)(C(=O)O)c2ccccc2)C(C)C1. The summed E-state index contributed by atoms with van der Waals surface area (Å²) in [7, 11) is 0. The van der Waals surface area contributed by atoms with E-state index in [-0.39, 0.29) is 0 Å². The number of aliphatic carboxylic acids is 1. The zero-order chi connectivity index (χ0) is 14.8. The molecular formula is C16H24N2O2. The molecule has 0 bridgehead atoms. The van der Waals surface area contributed by atoms with Crippen molar-refractivity contribution in [3.8, 4) is 0 Å². The van der Waals surface area contributed by atoms with Crippen LogP contribution in [0.2, 0.25) is 0 Å². The zero-order valence-corrected chi connectivity index (χ0v) is 12.2. The van der Waals surface area contributed by atoms with E-state index in [1.807, 2.05) is 18.2 Å². The third-order valence-corrected chi connectivity index (χ3v) is 4.40. The van der Waals surface area contributed by atoms with Crippen molar-refractivity contribution in [1.29, 1.82) is 0 Å². The molecule has 0 spiro atoms. The first-order valence-corrected chi connectivity index (χ1v) is 7.25. The lowest BCUT2D eigenvalue weighted by Crippen LogP contribution is -2.56. The molecule has 3 atom stereocenters. The van der Waals surface area contributed by atoms with Gasteiger partial charge in [0.05, 0.1) is 0 Å². The second-order valence-corrected chi connectivity index (χ2v) is 6.09. The first kappa shape index (κ1) is 15.0. The number of rotatable bonds is 4. The van der Waals surface area contributed by atoms with E-state index in [9.17, 15) is 9.90 Å². The molecule has 1 saturated heterocycles. The Morgan fingerprint density at radius 3 is 2.60 bits per heavy atom. The lowest BCUT2D eigenvalue weighted by molar-refractivity contribution is -0.145. The van der Waals surface area contributed by atoms with Gasteiger partial charge in [0.25, 0.3) is 0 Å². The molecule has 0 radical (unpaired) electrons. The molecular weight excluding hydrogens is 252 g/mol. The minimum atomic E-state index is -1.34. The molecule has 1 heterocycles. The number of carboxylic acids is 1. The normalized spacial score (nSPS) is 26.9. The van der Waals surface area contributed by atoms with Crippen LogP contribution in [0.3, 0.4) is 0 Å². The summed E-state index contributed by atoms with van der Waals surface area (Å²) < 4.78 is 0. The smallest absolute Gasteiger partial charge is 0.329 e. The summed E-state index contributed by atoms with van der Waals surface area (Å²) in [5, 5.41) is 9.60. The molecule has 3 unspecified atom stereocenters. The van der Waals surface area contributed by atoms with Crippen LogP contribution < -0.4 is 5.73 Å². The molecule has 1 aliphatic rings. The molecule has 1 aromatic rings. The second-order valence-electron chi connectivity index (χ2n) is 6.09. The molecule has 2 rings (SSSR count). The van der Waals surface area contributed by atoms with Gasteiger partial charge in [-0.3, -0.25) is 4.90 Å². The van der Waals surface area contributed by atoms with E-state index < -0.39 is 11.5 Å². The lowest BCUT2D eigenvalue weighted by atomic mass is 9.87. The summed E-state index contributed by atoms with van der Waals surface area (Å²) in [6, 6.07) is 9.52. The van der Waals surface area contributed by atoms with E-state index in [0.717, 1.165) is 19.4 Å². The highest BCUT2D eigenvalue weighted by molar-refractivity contribution is 5.80. The summed E-state index contributed by atoms with van der Waals surface area (Å²) in [5.41, 5.74) is 5.58. The summed E-state index contributed by atoms with van der Waals surface area (Å²) >= 11 is 0. The van der Waals surface area contributed by atoms with Crippen LogP contribution in [0.4, 0.5) is 0 Å². The van der Waals surface area contributed by atoms with Gasteiger partial charge >= 0.3 is 5.97 Å². The minimum absolute atomic E-state index is 0.361. The van der Waals surface area contributed by atoms with Crippen molar-refractivity contribution in [3.05, 3.63) is 35.9 Å². The Morgan fingerprint density at radius 2 is 2.05 bits per heavy atom. The number of benzene rings is 1. The number of nitrogens with zero attached hydrogens (tertiary/aromatic N) is 1. The minimum Gasteiger partial charge on any atom is -0.480 e. The predicted octanol–water partition coefficient (Wildman–Crippen LogP) is 2.05. The Labute approximate surface area is 120 Å². The van der Waals surface area contributed by atoms with Gasteiger partial charge in [-0.1, -0.05) is 37.3 Å². The summed E-state index contributed by atoms with van der Waals surface area (Å²) in [6.45, 7) is 5.68. The van der Waals surface area contributed by atoms with Crippen molar-refractivity contribution >= 4 is 5.97 Å². The van der Waals surface area contributed by atoms with E-state index >= 15 is 0 Å². The molecule has 0 aliphatic carbocycles.